The second-order valence-corrected chi connectivity index (χ2v) is 9.71. The van der Waals surface area contributed by atoms with Gasteiger partial charge in [0.1, 0.15) is 17.4 Å². The second kappa shape index (κ2) is 7.82. The maximum atomic E-state index is 13.6. The molecule has 0 saturated heterocycles. The van der Waals surface area contributed by atoms with E-state index in [-0.39, 0.29) is 24.3 Å². The molecule has 0 atom stereocenters. The fraction of sp³-hybridized carbons (Fsp3) is 0.458. The van der Waals surface area contributed by atoms with Gasteiger partial charge in [0, 0.05) is 61.4 Å². The number of hydrogen-bond acceptors (Lipinski definition) is 7. The standard InChI is InChI=1S/C24H29F2N7O/c1-14-11-32(13-28-14)17-7-6-15(8-18(17)34-5)29-22-30-20(27-4)19-21(31-22)33(12-23(19,2)3)16-9-24(25,26)10-16/h6-8,11,13,16H,9-10,12H2,1-5H3,(H2,27,29,30,31). The molecule has 1 saturated carbocycles. The number of anilines is 4. The minimum atomic E-state index is -2.59. The third-order valence-corrected chi connectivity index (χ3v) is 6.58. The third kappa shape index (κ3) is 3.80. The van der Waals surface area contributed by atoms with Crippen molar-refractivity contribution in [3.63, 3.8) is 0 Å². The zero-order valence-electron chi connectivity index (χ0n) is 20.0. The highest BCUT2D eigenvalue weighted by molar-refractivity contribution is 5.71. The zero-order chi connectivity index (χ0) is 24.3. The second-order valence-electron chi connectivity index (χ2n) is 9.71. The van der Waals surface area contributed by atoms with E-state index in [0.29, 0.717) is 29.9 Å². The van der Waals surface area contributed by atoms with Gasteiger partial charge in [-0.25, -0.2) is 13.8 Å². The van der Waals surface area contributed by atoms with Gasteiger partial charge in [-0.15, -0.1) is 0 Å². The number of rotatable bonds is 6. The maximum Gasteiger partial charge on any atom is 0.252 e. The smallest absolute Gasteiger partial charge is 0.252 e. The number of methoxy groups -OCH3 is 1. The highest BCUT2D eigenvalue weighted by Crippen LogP contribution is 2.50. The summed E-state index contributed by atoms with van der Waals surface area (Å²) in [4.78, 5) is 15.8. The van der Waals surface area contributed by atoms with Crippen LogP contribution in [0.15, 0.2) is 30.7 Å². The molecule has 1 aliphatic heterocycles. The molecule has 5 rings (SSSR count). The van der Waals surface area contributed by atoms with Crippen LogP contribution in [0, 0.1) is 6.92 Å². The van der Waals surface area contributed by atoms with Crippen LogP contribution in [0.3, 0.4) is 0 Å². The fourth-order valence-electron chi connectivity index (χ4n) is 4.90. The summed E-state index contributed by atoms with van der Waals surface area (Å²) >= 11 is 0. The number of nitrogens with one attached hydrogen (secondary N) is 2. The molecule has 0 bridgehead atoms. The largest absolute Gasteiger partial charge is 0.494 e. The number of halogens is 2. The number of fused-ring (bicyclic) bond motifs is 1. The van der Waals surface area contributed by atoms with Crippen molar-refractivity contribution in [2.24, 2.45) is 0 Å². The number of benzene rings is 1. The van der Waals surface area contributed by atoms with E-state index in [1.54, 1.807) is 13.4 Å². The van der Waals surface area contributed by atoms with Gasteiger partial charge in [0.05, 0.1) is 24.8 Å². The van der Waals surface area contributed by atoms with Gasteiger partial charge in [0.2, 0.25) is 5.95 Å². The first-order chi connectivity index (χ1) is 16.1. The Labute approximate surface area is 197 Å². The molecule has 2 aliphatic rings. The van der Waals surface area contributed by atoms with E-state index in [2.05, 4.69) is 29.5 Å². The van der Waals surface area contributed by atoms with Gasteiger partial charge in [-0.05, 0) is 19.1 Å². The van der Waals surface area contributed by atoms with Crippen molar-refractivity contribution in [2.75, 3.05) is 36.2 Å². The molecule has 2 N–H and O–H groups in total. The first-order valence-electron chi connectivity index (χ1n) is 11.3. The molecule has 1 fully saturated rings. The number of nitrogens with zero attached hydrogens (tertiary/aromatic N) is 5. The number of alkyl halides is 2. The molecule has 3 aromatic rings. The minimum Gasteiger partial charge on any atom is -0.494 e. The number of imidazole rings is 1. The van der Waals surface area contributed by atoms with Crippen molar-refractivity contribution >= 4 is 23.3 Å². The molecule has 0 radical (unpaired) electrons. The van der Waals surface area contributed by atoms with Crippen LogP contribution < -0.4 is 20.3 Å². The molecular weight excluding hydrogens is 440 g/mol. The predicted molar refractivity (Wildman–Crippen MR) is 128 cm³/mol. The summed E-state index contributed by atoms with van der Waals surface area (Å²) in [5, 5.41) is 6.44. The van der Waals surface area contributed by atoms with E-state index in [4.69, 9.17) is 14.7 Å². The number of aromatic nitrogens is 4. The lowest BCUT2D eigenvalue weighted by Crippen LogP contribution is -2.51. The highest BCUT2D eigenvalue weighted by atomic mass is 19.3. The molecule has 8 nitrogen and oxygen atoms in total. The Balaban J connectivity index is 1.48. The molecule has 1 aromatic carbocycles. The number of ether oxygens (including phenoxy) is 1. The first-order valence-corrected chi connectivity index (χ1v) is 11.3. The lowest BCUT2D eigenvalue weighted by atomic mass is 9.85. The quantitative estimate of drug-likeness (QED) is 0.544. The Kier molecular flexibility index (Phi) is 5.14. The lowest BCUT2D eigenvalue weighted by Gasteiger charge is -2.42. The van der Waals surface area contributed by atoms with E-state index < -0.39 is 5.92 Å². The Morgan fingerprint density at radius 1 is 1.18 bits per heavy atom. The summed E-state index contributed by atoms with van der Waals surface area (Å²) in [5.74, 6) is -0.126. The summed E-state index contributed by atoms with van der Waals surface area (Å²) < 4.78 is 34.8. The minimum absolute atomic E-state index is 0.142. The van der Waals surface area contributed by atoms with Crippen LogP contribution in [0.5, 0.6) is 5.75 Å². The van der Waals surface area contributed by atoms with Gasteiger partial charge >= 0.3 is 0 Å². The van der Waals surface area contributed by atoms with Crippen LogP contribution in [0.4, 0.5) is 32.1 Å². The van der Waals surface area contributed by atoms with Crippen molar-refractivity contribution in [1.82, 2.24) is 19.5 Å². The number of hydrogen-bond donors (Lipinski definition) is 2. The lowest BCUT2D eigenvalue weighted by molar-refractivity contribution is -0.0859. The van der Waals surface area contributed by atoms with Gasteiger partial charge in [0.15, 0.2) is 0 Å². The molecule has 34 heavy (non-hydrogen) atoms. The van der Waals surface area contributed by atoms with E-state index >= 15 is 0 Å². The van der Waals surface area contributed by atoms with Gasteiger partial charge in [-0.1, -0.05) is 13.8 Å². The summed E-state index contributed by atoms with van der Waals surface area (Å²) in [6, 6.07) is 5.49. The maximum absolute atomic E-state index is 13.6. The normalized spacial score (nSPS) is 18.4. The molecule has 2 aromatic heterocycles. The van der Waals surface area contributed by atoms with Gasteiger partial charge in [-0.2, -0.15) is 9.97 Å². The predicted octanol–water partition coefficient (Wildman–Crippen LogP) is 4.66. The summed E-state index contributed by atoms with van der Waals surface area (Å²) in [5.41, 5.74) is 3.22. The van der Waals surface area contributed by atoms with Crippen molar-refractivity contribution in [2.45, 2.75) is 51.0 Å². The monoisotopic (exact) mass is 469 g/mol. The van der Waals surface area contributed by atoms with Crippen molar-refractivity contribution < 1.29 is 13.5 Å². The highest BCUT2D eigenvalue weighted by Gasteiger charge is 2.52. The molecule has 1 aliphatic carbocycles. The Morgan fingerprint density at radius 3 is 2.56 bits per heavy atom. The van der Waals surface area contributed by atoms with Gasteiger partial charge in [-0.3, -0.25) is 0 Å². The van der Waals surface area contributed by atoms with Gasteiger partial charge in [0.25, 0.3) is 5.92 Å². The van der Waals surface area contributed by atoms with E-state index in [0.717, 1.165) is 22.6 Å². The SMILES string of the molecule is CNc1nc(Nc2ccc(-n3cnc(C)c3)c(OC)c2)nc2c1C(C)(C)CN2C1CC(F)(F)C1. The Hall–Kier alpha value is -3.43. The van der Waals surface area contributed by atoms with E-state index in [9.17, 15) is 8.78 Å². The van der Waals surface area contributed by atoms with Crippen LogP contribution >= 0.6 is 0 Å². The summed E-state index contributed by atoms with van der Waals surface area (Å²) in [7, 11) is 3.43. The van der Waals surface area contributed by atoms with Crippen molar-refractivity contribution in [1.29, 1.82) is 0 Å². The number of aryl methyl sites for hydroxylation is 1. The average molecular weight is 470 g/mol. The van der Waals surface area contributed by atoms with E-state index in [1.807, 2.05) is 47.8 Å². The van der Waals surface area contributed by atoms with Crippen LogP contribution in [0.2, 0.25) is 0 Å². The third-order valence-electron chi connectivity index (χ3n) is 6.58. The van der Waals surface area contributed by atoms with Crippen LogP contribution in [0.25, 0.3) is 5.69 Å². The molecule has 0 unspecified atom stereocenters. The molecule has 3 heterocycles. The summed E-state index contributed by atoms with van der Waals surface area (Å²) in [6.07, 6.45) is 3.38. The Bertz CT molecular complexity index is 1230. The molecule has 10 heteroatoms. The zero-order valence-corrected chi connectivity index (χ0v) is 20.0. The van der Waals surface area contributed by atoms with Crippen molar-refractivity contribution in [3.8, 4) is 11.4 Å². The molecule has 0 amide bonds. The Morgan fingerprint density at radius 2 is 1.94 bits per heavy atom. The average Bonchev–Trinajstić information content (AvgIpc) is 3.31. The van der Waals surface area contributed by atoms with Crippen LogP contribution in [-0.4, -0.2) is 52.2 Å². The molecule has 180 valence electrons. The molecular formula is C24H29F2N7O. The van der Waals surface area contributed by atoms with Crippen molar-refractivity contribution in [3.05, 3.63) is 42.0 Å². The van der Waals surface area contributed by atoms with Gasteiger partial charge < -0.3 is 24.8 Å². The summed E-state index contributed by atoms with van der Waals surface area (Å²) in [6.45, 7) is 6.75. The first kappa shape index (κ1) is 22.4. The fourth-order valence-corrected chi connectivity index (χ4v) is 4.90. The van der Waals surface area contributed by atoms with Crippen LogP contribution in [0.1, 0.15) is 37.9 Å². The molecule has 0 spiro atoms. The van der Waals surface area contributed by atoms with Crippen LogP contribution in [-0.2, 0) is 5.41 Å². The van der Waals surface area contributed by atoms with E-state index in [1.165, 1.54) is 0 Å². The topological polar surface area (TPSA) is 80.1 Å².